The molecule has 0 aliphatic heterocycles. The number of nitro groups is 1. The van der Waals surface area contributed by atoms with E-state index < -0.39 is 4.92 Å². The summed E-state index contributed by atoms with van der Waals surface area (Å²) >= 11 is 0. The molecule has 0 radical (unpaired) electrons. The third-order valence-corrected chi connectivity index (χ3v) is 2.86. The van der Waals surface area contributed by atoms with E-state index in [4.69, 9.17) is 4.42 Å². The second-order valence-electron chi connectivity index (χ2n) is 4.37. The van der Waals surface area contributed by atoms with Crippen molar-refractivity contribution in [3.63, 3.8) is 0 Å². The van der Waals surface area contributed by atoms with Gasteiger partial charge in [0, 0.05) is 36.4 Å². The van der Waals surface area contributed by atoms with Gasteiger partial charge < -0.3 is 4.42 Å². The van der Waals surface area contributed by atoms with Crippen LogP contribution in [0.2, 0.25) is 0 Å². The molecule has 0 fully saturated rings. The van der Waals surface area contributed by atoms with Crippen molar-refractivity contribution in [2.45, 2.75) is 13.8 Å². The van der Waals surface area contributed by atoms with E-state index in [0.29, 0.717) is 0 Å². The molecule has 0 amide bonds. The maximum atomic E-state index is 10.6. The molecular weight excluding hydrogens is 244 g/mol. The molecule has 5 nitrogen and oxygen atoms in total. The lowest BCUT2D eigenvalue weighted by Crippen LogP contribution is -2.21. The third-order valence-electron chi connectivity index (χ3n) is 2.86. The van der Waals surface area contributed by atoms with E-state index >= 15 is 0 Å². The zero-order valence-electron chi connectivity index (χ0n) is 11.1. The highest BCUT2D eigenvalue weighted by atomic mass is 16.6. The van der Waals surface area contributed by atoms with Gasteiger partial charge in [0.15, 0.2) is 0 Å². The highest BCUT2D eigenvalue weighted by molar-refractivity contribution is 5.44. The van der Waals surface area contributed by atoms with Crippen molar-refractivity contribution in [1.29, 1.82) is 0 Å². The molecule has 5 heteroatoms. The Morgan fingerprint density at radius 3 is 1.95 bits per heavy atom. The first-order chi connectivity index (χ1) is 8.97. The average molecular weight is 259 g/mol. The number of benzene rings is 1. The largest absolute Gasteiger partial charge is 0.466 e. The minimum atomic E-state index is -0.403. The topological polar surface area (TPSA) is 59.3 Å². The Labute approximate surface area is 110 Å². The van der Waals surface area contributed by atoms with Crippen molar-refractivity contribution in [1.82, 2.24) is 4.58 Å². The SMILES string of the molecule is Cc1cc(=[N+](C)c2ccc([N+](=O)[O-])cc2)cc(C)o1. The zero-order chi connectivity index (χ0) is 14.0. The molecule has 2 aromatic rings. The molecule has 98 valence electrons. The van der Waals surface area contributed by atoms with Gasteiger partial charge in [-0.05, 0) is 13.8 Å². The third kappa shape index (κ3) is 2.88. The Hall–Kier alpha value is -2.43. The van der Waals surface area contributed by atoms with Crippen LogP contribution in [0.3, 0.4) is 0 Å². The summed E-state index contributed by atoms with van der Waals surface area (Å²) in [6.07, 6.45) is 0. The highest BCUT2D eigenvalue weighted by Crippen LogP contribution is 2.15. The molecule has 0 N–H and O–H groups in total. The van der Waals surface area contributed by atoms with Crippen LogP contribution in [0.4, 0.5) is 11.4 Å². The van der Waals surface area contributed by atoms with E-state index in [0.717, 1.165) is 22.6 Å². The minimum Gasteiger partial charge on any atom is -0.466 e. The summed E-state index contributed by atoms with van der Waals surface area (Å²) in [4.78, 5) is 10.2. The Balaban J connectivity index is 2.53. The summed E-state index contributed by atoms with van der Waals surface area (Å²) in [6, 6.07) is 10.3. The lowest BCUT2D eigenvalue weighted by atomic mass is 10.2. The fraction of sp³-hybridized carbons (Fsp3) is 0.214. The van der Waals surface area contributed by atoms with Crippen LogP contribution in [0.1, 0.15) is 11.5 Å². The normalized spacial score (nSPS) is 10.3. The summed E-state index contributed by atoms with van der Waals surface area (Å²) in [5.41, 5.74) is 0.975. The van der Waals surface area contributed by atoms with E-state index in [9.17, 15) is 10.1 Å². The van der Waals surface area contributed by atoms with Crippen LogP contribution in [-0.2, 0) is 0 Å². The van der Waals surface area contributed by atoms with Crippen molar-refractivity contribution >= 4 is 11.4 Å². The van der Waals surface area contributed by atoms with Crippen LogP contribution in [0.5, 0.6) is 0 Å². The van der Waals surface area contributed by atoms with Gasteiger partial charge in [-0.2, -0.15) is 4.58 Å². The predicted molar refractivity (Wildman–Crippen MR) is 72.1 cm³/mol. The number of hydrogen-bond donors (Lipinski definition) is 0. The van der Waals surface area contributed by atoms with Crippen LogP contribution in [0, 0.1) is 24.0 Å². The van der Waals surface area contributed by atoms with Gasteiger partial charge in [0.05, 0.1) is 4.92 Å². The van der Waals surface area contributed by atoms with E-state index in [1.807, 2.05) is 37.6 Å². The second-order valence-corrected chi connectivity index (χ2v) is 4.37. The zero-order valence-corrected chi connectivity index (χ0v) is 11.1. The van der Waals surface area contributed by atoms with Crippen LogP contribution in [-0.4, -0.2) is 12.0 Å². The average Bonchev–Trinajstić information content (AvgIpc) is 2.37. The van der Waals surface area contributed by atoms with Crippen molar-refractivity contribution in [2.24, 2.45) is 0 Å². The van der Waals surface area contributed by atoms with Gasteiger partial charge in [-0.25, -0.2) is 0 Å². The van der Waals surface area contributed by atoms with Gasteiger partial charge in [0.25, 0.3) is 5.69 Å². The molecule has 2 rings (SSSR count). The lowest BCUT2D eigenvalue weighted by Gasteiger charge is -1.99. The van der Waals surface area contributed by atoms with Gasteiger partial charge >= 0.3 is 0 Å². The number of nitrogens with zero attached hydrogens (tertiary/aromatic N) is 2. The summed E-state index contributed by atoms with van der Waals surface area (Å²) in [5, 5.41) is 11.6. The maximum Gasteiger partial charge on any atom is 0.269 e. The molecule has 0 saturated heterocycles. The van der Waals surface area contributed by atoms with E-state index in [2.05, 4.69) is 0 Å². The summed E-state index contributed by atoms with van der Waals surface area (Å²) in [7, 11) is 1.91. The van der Waals surface area contributed by atoms with Gasteiger partial charge in [-0.15, -0.1) is 0 Å². The fourth-order valence-electron chi connectivity index (χ4n) is 1.91. The molecule has 0 spiro atoms. The van der Waals surface area contributed by atoms with Crippen molar-refractivity contribution in [2.75, 3.05) is 7.05 Å². The van der Waals surface area contributed by atoms with Crippen LogP contribution in [0.25, 0.3) is 0 Å². The first-order valence-electron chi connectivity index (χ1n) is 5.87. The summed E-state index contributed by atoms with van der Waals surface area (Å²) < 4.78 is 7.40. The Morgan fingerprint density at radius 2 is 1.47 bits per heavy atom. The number of hydrogen-bond acceptors (Lipinski definition) is 3. The second kappa shape index (κ2) is 5.06. The van der Waals surface area contributed by atoms with E-state index in [1.165, 1.54) is 12.1 Å². The number of non-ortho nitro benzene ring substituents is 1. The quantitative estimate of drug-likeness (QED) is 0.473. The van der Waals surface area contributed by atoms with Gasteiger partial charge in [-0.3, -0.25) is 10.1 Å². The molecule has 0 saturated carbocycles. The standard InChI is InChI=1S/C14H15N2O3/c1-10-8-14(9-11(2)19-10)15(3)12-4-6-13(7-5-12)16(17)18/h4-9H,1-3H3/q+1. The van der Waals surface area contributed by atoms with Gasteiger partial charge in [-0.1, -0.05) is 0 Å². The van der Waals surface area contributed by atoms with Crippen LogP contribution >= 0.6 is 0 Å². The molecule has 0 bridgehead atoms. The molecular formula is C14H15N2O3+. The van der Waals surface area contributed by atoms with Crippen molar-refractivity contribution in [3.05, 3.63) is 63.4 Å². The molecule has 1 aromatic heterocycles. The smallest absolute Gasteiger partial charge is 0.269 e. The molecule has 0 atom stereocenters. The number of nitro benzene ring substituents is 1. The van der Waals surface area contributed by atoms with Crippen LogP contribution in [0.15, 0.2) is 40.8 Å². The number of rotatable bonds is 2. The molecule has 0 unspecified atom stereocenters. The Morgan fingerprint density at radius 1 is 1.00 bits per heavy atom. The monoisotopic (exact) mass is 259 g/mol. The maximum absolute atomic E-state index is 10.6. The van der Waals surface area contributed by atoms with Gasteiger partial charge in [0.1, 0.15) is 18.6 Å². The van der Waals surface area contributed by atoms with Crippen LogP contribution < -0.4 is 9.93 Å². The lowest BCUT2D eigenvalue weighted by molar-refractivity contribution is -0.384. The van der Waals surface area contributed by atoms with Gasteiger partial charge in [0.2, 0.25) is 11.0 Å². The molecule has 0 aliphatic carbocycles. The van der Waals surface area contributed by atoms with Crippen molar-refractivity contribution in [3.8, 4) is 0 Å². The minimum absolute atomic E-state index is 0.0903. The molecule has 19 heavy (non-hydrogen) atoms. The summed E-state index contributed by atoms with van der Waals surface area (Å²) in [5.74, 6) is 1.65. The Kier molecular flexibility index (Phi) is 3.46. The van der Waals surface area contributed by atoms with E-state index in [-0.39, 0.29) is 5.69 Å². The highest BCUT2D eigenvalue weighted by Gasteiger charge is 2.10. The molecule has 1 aromatic carbocycles. The molecule has 0 aliphatic rings. The predicted octanol–water partition coefficient (Wildman–Crippen LogP) is 2.54. The number of aryl methyl sites for hydroxylation is 2. The Bertz CT molecular complexity index is 661. The first kappa shape index (κ1) is 13.0. The molecule has 1 heterocycles. The van der Waals surface area contributed by atoms with Crippen molar-refractivity contribution < 1.29 is 9.34 Å². The summed E-state index contributed by atoms with van der Waals surface area (Å²) in [6.45, 7) is 3.78. The van der Waals surface area contributed by atoms with E-state index in [1.54, 1.807) is 12.1 Å². The first-order valence-corrected chi connectivity index (χ1v) is 5.87. The fourth-order valence-corrected chi connectivity index (χ4v) is 1.91.